The van der Waals surface area contributed by atoms with E-state index in [4.69, 9.17) is 4.74 Å². The molecule has 3 aromatic carbocycles. The summed E-state index contributed by atoms with van der Waals surface area (Å²) in [5, 5.41) is 0. The van der Waals surface area contributed by atoms with Crippen LogP contribution in [-0.2, 0) is 10.0 Å². The highest BCUT2D eigenvalue weighted by atomic mass is 32.2. The van der Waals surface area contributed by atoms with Crippen LogP contribution >= 0.6 is 0 Å². The zero-order chi connectivity index (χ0) is 25.0. The third-order valence-corrected chi connectivity index (χ3v) is 7.67. The molecule has 0 aliphatic heterocycles. The zero-order valence-electron chi connectivity index (χ0n) is 19.9. The summed E-state index contributed by atoms with van der Waals surface area (Å²) in [6.45, 7) is 3.93. The van der Waals surface area contributed by atoms with Crippen LogP contribution in [0.25, 0.3) is 11.1 Å². The minimum atomic E-state index is -3.71. The molecule has 6 heteroatoms. The first-order valence-electron chi connectivity index (χ1n) is 11.2. The lowest BCUT2D eigenvalue weighted by atomic mass is 9.91. The number of carbonyl (C=O) groups is 1. The second-order valence-electron chi connectivity index (χ2n) is 8.35. The number of ether oxygens (including phenoxy) is 1. The third-order valence-electron chi connectivity index (χ3n) is 6.02. The van der Waals surface area contributed by atoms with Gasteiger partial charge in [-0.2, -0.15) is 0 Å². The molecule has 5 nitrogen and oxygen atoms in total. The lowest BCUT2D eigenvalue weighted by molar-refractivity contribution is 0.0998. The molecule has 0 bridgehead atoms. The van der Waals surface area contributed by atoms with Crippen molar-refractivity contribution in [3.05, 3.63) is 120 Å². The van der Waals surface area contributed by atoms with Gasteiger partial charge in [0, 0.05) is 24.4 Å². The molecule has 0 atom stereocenters. The molecule has 0 radical (unpaired) electrons. The molecule has 0 amide bonds. The van der Waals surface area contributed by atoms with Crippen LogP contribution in [0.2, 0.25) is 0 Å². The molecule has 4 rings (SSSR count). The number of allylic oxidation sites excluding steroid dienone is 2. The average molecular weight is 486 g/mol. The first-order chi connectivity index (χ1) is 16.8. The number of Topliss-reactive ketones (excluding diaryl/α,β-unsaturated/α-hetero) is 1. The summed E-state index contributed by atoms with van der Waals surface area (Å²) < 4.78 is 32.5. The highest BCUT2D eigenvalue weighted by molar-refractivity contribution is 7.90. The van der Waals surface area contributed by atoms with Gasteiger partial charge in [0.15, 0.2) is 5.78 Å². The Bertz CT molecular complexity index is 1460. The molecular weight excluding hydrogens is 458 g/mol. The molecule has 0 saturated heterocycles. The van der Waals surface area contributed by atoms with Gasteiger partial charge < -0.3 is 4.74 Å². The number of carbonyl (C=O) groups excluding carboxylic acids is 1. The van der Waals surface area contributed by atoms with Gasteiger partial charge >= 0.3 is 0 Å². The molecule has 178 valence electrons. The second-order valence-corrected chi connectivity index (χ2v) is 10.2. The van der Waals surface area contributed by atoms with E-state index in [1.54, 1.807) is 80.2 Å². The Morgan fingerprint density at radius 3 is 2.09 bits per heavy atom. The first kappa shape index (κ1) is 24.2. The highest BCUT2D eigenvalue weighted by Gasteiger charge is 2.19. The Morgan fingerprint density at radius 1 is 0.829 bits per heavy atom. The lowest BCUT2D eigenvalue weighted by Crippen LogP contribution is -2.10. The van der Waals surface area contributed by atoms with Crippen LogP contribution in [0.1, 0.15) is 40.4 Å². The maximum absolute atomic E-state index is 13.2. The van der Waals surface area contributed by atoms with Gasteiger partial charge in [0.25, 0.3) is 10.0 Å². The summed E-state index contributed by atoms with van der Waals surface area (Å²) in [5.41, 5.74) is 5.06. The predicted octanol–water partition coefficient (Wildman–Crippen LogP) is 6.25. The van der Waals surface area contributed by atoms with Crippen LogP contribution in [0.5, 0.6) is 5.75 Å². The second kappa shape index (κ2) is 10.2. The Labute approximate surface area is 206 Å². The fourth-order valence-corrected chi connectivity index (χ4v) is 5.10. The molecule has 0 aliphatic carbocycles. The van der Waals surface area contributed by atoms with Gasteiger partial charge in [-0.15, -0.1) is 0 Å². The van der Waals surface area contributed by atoms with Crippen LogP contribution in [0, 0.1) is 6.92 Å². The van der Waals surface area contributed by atoms with Crippen LogP contribution in [0.4, 0.5) is 0 Å². The van der Waals surface area contributed by atoms with Crippen molar-refractivity contribution in [1.82, 2.24) is 3.97 Å². The standard InChI is InChI=1S/C29H27NO4S/c1-21-9-11-23(12-10-21)28(19-29(31)24-13-15-26(34-3)16-14-24)22(2)25-17-18-30(20-25)35(32,33)27-7-5-4-6-8-27/h4-18,20H,19H2,1-3H3/b28-22-. The van der Waals surface area contributed by atoms with Gasteiger partial charge in [-0.25, -0.2) is 12.4 Å². The number of aryl methyl sites for hydroxylation is 1. The predicted molar refractivity (Wildman–Crippen MR) is 139 cm³/mol. The van der Waals surface area contributed by atoms with Crippen LogP contribution in [-0.4, -0.2) is 25.3 Å². The van der Waals surface area contributed by atoms with Crippen molar-refractivity contribution in [1.29, 1.82) is 0 Å². The minimum absolute atomic E-state index is 0.0288. The van der Waals surface area contributed by atoms with Gasteiger partial charge in [-0.3, -0.25) is 4.79 Å². The van der Waals surface area contributed by atoms with E-state index < -0.39 is 10.0 Å². The fourth-order valence-electron chi connectivity index (χ4n) is 3.88. The molecule has 4 aromatic rings. The molecule has 0 unspecified atom stereocenters. The summed E-state index contributed by atoms with van der Waals surface area (Å²) in [4.78, 5) is 13.4. The van der Waals surface area contributed by atoms with Crippen molar-refractivity contribution in [2.24, 2.45) is 0 Å². The third kappa shape index (κ3) is 5.28. The van der Waals surface area contributed by atoms with Crippen molar-refractivity contribution < 1.29 is 17.9 Å². The fraction of sp³-hybridized carbons (Fsp3) is 0.138. The molecule has 1 aromatic heterocycles. The smallest absolute Gasteiger partial charge is 0.267 e. The van der Waals surface area contributed by atoms with E-state index in [1.165, 1.54) is 3.97 Å². The molecule has 1 heterocycles. The van der Waals surface area contributed by atoms with Crippen molar-refractivity contribution in [2.75, 3.05) is 7.11 Å². The van der Waals surface area contributed by atoms with E-state index in [0.717, 1.165) is 27.8 Å². The van der Waals surface area contributed by atoms with Gasteiger partial charge in [0.1, 0.15) is 5.75 Å². The normalized spacial score (nSPS) is 12.2. The number of rotatable bonds is 8. The Kier molecular flexibility index (Phi) is 7.03. The van der Waals surface area contributed by atoms with Crippen molar-refractivity contribution >= 4 is 27.0 Å². The summed E-state index contributed by atoms with van der Waals surface area (Å²) in [7, 11) is -2.12. The Hall–Kier alpha value is -3.90. The van der Waals surface area contributed by atoms with Gasteiger partial charge in [0.05, 0.1) is 12.0 Å². The van der Waals surface area contributed by atoms with E-state index in [0.29, 0.717) is 11.3 Å². The van der Waals surface area contributed by atoms with Crippen LogP contribution in [0.15, 0.2) is 102 Å². The molecular formula is C29H27NO4S. The number of benzene rings is 3. The molecule has 0 aliphatic rings. The van der Waals surface area contributed by atoms with Crippen molar-refractivity contribution in [2.45, 2.75) is 25.2 Å². The highest BCUT2D eigenvalue weighted by Crippen LogP contribution is 2.31. The summed E-state index contributed by atoms with van der Waals surface area (Å²) in [6.07, 6.45) is 3.32. The summed E-state index contributed by atoms with van der Waals surface area (Å²) >= 11 is 0. The van der Waals surface area contributed by atoms with Crippen LogP contribution in [0.3, 0.4) is 0 Å². The van der Waals surface area contributed by atoms with E-state index in [2.05, 4.69) is 0 Å². The monoisotopic (exact) mass is 485 g/mol. The topological polar surface area (TPSA) is 65.4 Å². The number of ketones is 1. The maximum Gasteiger partial charge on any atom is 0.267 e. The van der Waals surface area contributed by atoms with E-state index >= 15 is 0 Å². The molecule has 0 spiro atoms. The van der Waals surface area contributed by atoms with Gasteiger partial charge in [-0.05, 0) is 78.6 Å². The zero-order valence-corrected chi connectivity index (χ0v) is 20.7. The summed E-state index contributed by atoms with van der Waals surface area (Å²) in [6, 6.07) is 25.1. The maximum atomic E-state index is 13.2. The number of aromatic nitrogens is 1. The summed E-state index contributed by atoms with van der Waals surface area (Å²) in [5.74, 6) is 0.659. The molecule has 35 heavy (non-hydrogen) atoms. The number of hydrogen-bond acceptors (Lipinski definition) is 4. The van der Waals surface area contributed by atoms with Gasteiger partial charge in [-0.1, -0.05) is 48.0 Å². The van der Waals surface area contributed by atoms with Gasteiger partial charge in [0.2, 0.25) is 0 Å². The molecule has 0 N–H and O–H groups in total. The Balaban J connectivity index is 1.73. The van der Waals surface area contributed by atoms with Crippen LogP contribution < -0.4 is 4.74 Å². The largest absolute Gasteiger partial charge is 0.497 e. The van der Waals surface area contributed by atoms with E-state index in [1.807, 2.05) is 38.1 Å². The molecule has 0 fully saturated rings. The number of hydrogen-bond donors (Lipinski definition) is 0. The SMILES string of the molecule is COc1ccc(C(=O)C/C(=C(\C)c2ccn(S(=O)(=O)c3ccccc3)c2)c2ccc(C)cc2)cc1. The lowest BCUT2D eigenvalue weighted by Gasteiger charge is -2.13. The van der Waals surface area contributed by atoms with Crippen molar-refractivity contribution in [3.8, 4) is 5.75 Å². The van der Waals surface area contributed by atoms with E-state index in [-0.39, 0.29) is 17.1 Å². The average Bonchev–Trinajstić information content (AvgIpc) is 3.39. The minimum Gasteiger partial charge on any atom is -0.497 e. The van der Waals surface area contributed by atoms with Crippen molar-refractivity contribution in [3.63, 3.8) is 0 Å². The number of nitrogens with zero attached hydrogens (tertiary/aromatic N) is 1. The van der Waals surface area contributed by atoms with E-state index in [9.17, 15) is 13.2 Å². The Morgan fingerprint density at radius 2 is 1.46 bits per heavy atom. The molecule has 0 saturated carbocycles. The number of methoxy groups -OCH3 is 1. The first-order valence-corrected chi connectivity index (χ1v) is 12.7. The quantitative estimate of drug-likeness (QED) is 0.277.